The van der Waals surface area contributed by atoms with Gasteiger partial charge in [-0.25, -0.2) is 0 Å². The Kier molecular flexibility index (Phi) is 96.6. The molecule has 34 heteroatoms. The van der Waals surface area contributed by atoms with Gasteiger partial charge in [-0.1, -0.05) is 0 Å². The second kappa shape index (κ2) is 41.1. The van der Waals surface area contributed by atoms with E-state index in [2.05, 4.69) is 0 Å². The Labute approximate surface area is 303 Å². The van der Waals surface area contributed by atoms with Crippen LogP contribution < -0.4 is 40.8 Å². The van der Waals surface area contributed by atoms with E-state index in [1.807, 2.05) is 0 Å². The Hall–Kier alpha value is -0.613. The molecule has 0 heterocycles. The molecule has 4 atom stereocenters. The van der Waals surface area contributed by atoms with Crippen molar-refractivity contribution in [2.75, 3.05) is 0 Å². The first-order chi connectivity index (χ1) is 14.1. The van der Waals surface area contributed by atoms with E-state index < -0.39 is 30.4 Å². The van der Waals surface area contributed by atoms with Crippen LogP contribution in [0.2, 0.25) is 0 Å². The Morgan fingerprint density at radius 1 is 0.360 bits per heavy atom. The third-order valence-corrected chi connectivity index (χ3v) is 8.61. The van der Waals surface area contributed by atoms with E-state index in [4.69, 9.17) is 19.6 Å². The average molecular weight is 946 g/mol. The minimum absolute atomic E-state index is 0. The Bertz CT molecular complexity index is 1050. The van der Waals surface area contributed by atoms with Crippen LogP contribution in [0.4, 0.5) is 0 Å². The molecule has 2 rings (SSSR count). The molecule has 4 unspecified atom stereocenters. The van der Waals surface area contributed by atoms with Crippen molar-refractivity contribution in [3.63, 3.8) is 0 Å². The van der Waals surface area contributed by atoms with Gasteiger partial charge in [0.05, 0.1) is 0 Å². The molecule has 50 heavy (non-hydrogen) atoms. The normalized spacial score (nSPS) is 12.1. The second-order valence-electron chi connectivity index (χ2n) is 6.93. The van der Waals surface area contributed by atoms with Crippen LogP contribution in [-0.4, -0.2) is 41.5 Å². The molecule has 0 radical (unpaired) electrons. The van der Waals surface area contributed by atoms with Crippen molar-refractivity contribution in [3.8, 4) is 0 Å². The number of aryl methyl sites for hydroxylation is 4. The molecule has 0 amide bonds. The number of benzene rings is 2. The Balaban J connectivity index is -0.0000000188. The largest absolute Gasteiger partial charge is 2.00 e. The van der Waals surface area contributed by atoms with Crippen LogP contribution in [0.15, 0.2) is 24.3 Å². The second-order valence-corrected chi connectivity index (χ2v) is 13.0. The summed E-state index contributed by atoms with van der Waals surface area (Å²) in [5, 5.41) is -1.38. The first-order valence-electron chi connectivity index (χ1n) is 8.46. The van der Waals surface area contributed by atoms with Crippen LogP contribution in [0.3, 0.4) is 0 Å². The zero-order valence-electron chi connectivity index (χ0n) is 26.7. The summed E-state index contributed by atoms with van der Waals surface area (Å²) in [6.07, 6.45) is 0. The molecule has 28 nitrogen and oxygen atoms in total. The summed E-state index contributed by atoms with van der Waals surface area (Å²) in [5.74, 6) is 0. The molecular formula is C16H64Ni2O28P4+12. The molecule has 324 valence electrons. The van der Waals surface area contributed by atoms with Crippen molar-refractivity contribution in [2.24, 2.45) is 0 Å². The third-order valence-electron chi connectivity index (χ3n) is 4.25. The van der Waals surface area contributed by atoms with E-state index in [1.165, 1.54) is 27.7 Å². The molecule has 0 saturated heterocycles. The average Bonchev–Trinajstić information content (AvgIpc) is 2.55. The summed E-state index contributed by atoms with van der Waals surface area (Å²) >= 11 is 0. The van der Waals surface area contributed by atoms with Crippen LogP contribution in [0.25, 0.3) is 0 Å². The maximum absolute atomic E-state index is 10.9. The van der Waals surface area contributed by atoms with Crippen LogP contribution in [0.1, 0.15) is 22.3 Å². The van der Waals surface area contributed by atoms with Crippen molar-refractivity contribution < 1.29 is 178 Å². The molecule has 48 N–H and O–H groups in total. The summed E-state index contributed by atoms with van der Waals surface area (Å²) in [6.45, 7) is 5.31. The van der Waals surface area contributed by atoms with E-state index >= 15 is 0 Å². The fourth-order valence-corrected chi connectivity index (χ4v) is 6.26. The van der Waals surface area contributed by atoms with E-state index in [0.717, 1.165) is 24.3 Å². The van der Waals surface area contributed by atoms with Crippen LogP contribution >= 0.6 is 30.4 Å². The van der Waals surface area contributed by atoms with Gasteiger partial charge in [0, 0.05) is 21.2 Å². The number of hydrogen-bond donors (Lipinski definition) is 4. The number of hydrogen-bond acceptors (Lipinski definition) is 8. The summed E-state index contributed by atoms with van der Waals surface area (Å²) in [5.41, 5.74) is 0.247. The summed E-state index contributed by atoms with van der Waals surface area (Å²) in [7, 11) is -18.7. The first-order valence-corrected chi connectivity index (χ1v) is 14.8. The molecule has 0 spiro atoms. The van der Waals surface area contributed by atoms with Gasteiger partial charge in [-0.15, -0.1) is 0 Å². The maximum Gasteiger partial charge on any atom is 2.00 e. The van der Waals surface area contributed by atoms with Crippen LogP contribution in [0, 0.1) is 27.7 Å². The molecule has 2 aromatic carbocycles. The Morgan fingerprint density at radius 2 is 0.440 bits per heavy atom. The Morgan fingerprint density at radius 3 is 0.500 bits per heavy atom. The quantitative estimate of drug-likeness (QED) is 0.126. The van der Waals surface area contributed by atoms with Gasteiger partial charge in [0.1, 0.15) is 0 Å². The van der Waals surface area contributed by atoms with Crippen molar-refractivity contribution >= 4 is 51.6 Å². The topological polar surface area (TPSA) is 763 Å². The fourth-order valence-electron chi connectivity index (χ4n) is 2.79. The van der Waals surface area contributed by atoms with Crippen molar-refractivity contribution in [1.82, 2.24) is 0 Å². The monoisotopic (exact) mass is 944 g/mol. The smallest absolute Gasteiger partial charge is 0.775 e. The predicted octanol–water partition coefficient (Wildman–Crippen LogP) is -17.1. The van der Waals surface area contributed by atoms with Crippen molar-refractivity contribution in [3.05, 3.63) is 46.5 Å². The SMILES string of the molecule is Cc1cc(P(=O)([O-])O)c(C)cc1P(=O)([O-])O.Cc1cc(P(=O)([O-])O)c(C)cc1P(=O)([O-])O.O.O.O.O.[Ni+2].[Ni+2].[OH3+].[OH3+].[OH3+].[OH3+].[OH3+].[OH3+].[OH3+].[OH3+].[OH3+].[OH3+].[OH3+].[OH3+]. The molecule has 0 aliphatic rings. The van der Waals surface area contributed by atoms with E-state index in [1.54, 1.807) is 0 Å². The standard InChI is InChI=1S/2C8H12O6P2.2Ni.16H2O/c2*1-5-3-8(16(12,13)14)6(2)4-7(5)15(9,10)11;;;;;;;;;;;;;;;;;;/h2*3-4H,1-2H3,(H2,9,10,11)(H2,12,13,14);;;16*1H2/q;;2*+2;;;;;;;;;;;;;;;;/p+8. The van der Waals surface area contributed by atoms with Crippen molar-refractivity contribution in [2.45, 2.75) is 27.7 Å². The van der Waals surface area contributed by atoms with Crippen molar-refractivity contribution in [1.29, 1.82) is 0 Å². The zero-order valence-corrected chi connectivity index (χ0v) is 32.3. The van der Waals surface area contributed by atoms with Gasteiger partial charge in [0.2, 0.25) is 0 Å². The molecule has 0 aliphatic carbocycles. The van der Waals surface area contributed by atoms with Gasteiger partial charge < -0.3 is 145 Å². The molecule has 0 aromatic heterocycles. The van der Waals surface area contributed by atoms with Gasteiger partial charge >= 0.3 is 33.0 Å². The summed E-state index contributed by atoms with van der Waals surface area (Å²) in [6, 6.07) is 4.05. The molecule has 0 fully saturated rings. The minimum Gasteiger partial charge on any atom is -0.775 e. The molecule has 0 aliphatic heterocycles. The van der Waals surface area contributed by atoms with E-state index in [0.29, 0.717) is 0 Å². The predicted molar refractivity (Wildman–Crippen MR) is 183 cm³/mol. The molecule has 0 bridgehead atoms. The number of rotatable bonds is 4. The fraction of sp³-hybridized carbons (Fsp3) is 0.250. The van der Waals surface area contributed by atoms with Gasteiger partial charge in [0.25, 0.3) is 0 Å². The van der Waals surface area contributed by atoms with Gasteiger partial charge in [-0.3, -0.25) is 0 Å². The van der Waals surface area contributed by atoms with Gasteiger partial charge in [0.15, 0.2) is 30.4 Å². The zero-order chi connectivity index (χ0) is 25.4. The summed E-state index contributed by atoms with van der Waals surface area (Å²) < 4.78 is 43.8. The third kappa shape index (κ3) is 33.2. The van der Waals surface area contributed by atoms with Crippen LogP contribution in [-0.2, 0) is 117 Å². The van der Waals surface area contributed by atoms with Crippen LogP contribution in [0.5, 0.6) is 0 Å². The minimum atomic E-state index is -4.68. The molecular weight excluding hydrogens is 881 g/mol. The molecule has 2 aromatic rings. The van der Waals surface area contributed by atoms with Gasteiger partial charge in [-0.2, -0.15) is 0 Å². The van der Waals surface area contributed by atoms with E-state index in [9.17, 15) is 37.8 Å². The molecule has 0 saturated carbocycles. The summed E-state index contributed by atoms with van der Waals surface area (Å²) in [4.78, 5) is 79.3. The van der Waals surface area contributed by atoms with Gasteiger partial charge in [-0.05, 0) is 74.2 Å². The maximum atomic E-state index is 10.9. The van der Waals surface area contributed by atoms with E-state index in [-0.39, 0.29) is 164 Å². The first kappa shape index (κ1) is 117.